The molecule has 1 aromatic carbocycles. The first-order chi connectivity index (χ1) is 13.8. The van der Waals surface area contributed by atoms with Crippen molar-refractivity contribution in [3.8, 4) is 0 Å². The van der Waals surface area contributed by atoms with Gasteiger partial charge in [-0.3, -0.25) is 9.69 Å². The molecule has 0 atom stereocenters. The van der Waals surface area contributed by atoms with E-state index in [1.54, 1.807) is 19.4 Å². The van der Waals surface area contributed by atoms with Gasteiger partial charge in [-0.15, -0.1) is 0 Å². The van der Waals surface area contributed by atoms with Gasteiger partial charge < -0.3 is 9.80 Å². The first kappa shape index (κ1) is 19.9. The molecule has 2 aliphatic rings. The van der Waals surface area contributed by atoms with Crippen molar-refractivity contribution < 1.29 is 9.59 Å². The molecule has 0 aliphatic carbocycles. The number of aromatic nitrogens is 2. The molecular weight excluding hydrogens is 390 g/mol. The van der Waals surface area contributed by atoms with Gasteiger partial charge in [0.2, 0.25) is 5.91 Å². The molecule has 2 aromatic rings. The van der Waals surface area contributed by atoms with Crippen LogP contribution >= 0.6 is 11.6 Å². The number of benzene rings is 1. The second-order valence-electron chi connectivity index (χ2n) is 8.27. The van der Waals surface area contributed by atoms with E-state index in [0.717, 1.165) is 50.6 Å². The Kier molecular flexibility index (Phi) is 5.36. The van der Waals surface area contributed by atoms with Gasteiger partial charge >= 0.3 is 6.03 Å². The largest absolute Gasteiger partial charge is 0.344 e. The van der Waals surface area contributed by atoms with Crippen molar-refractivity contribution in [3.05, 3.63) is 47.2 Å². The Morgan fingerprint density at radius 1 is 1.24 bits per heavy atom. The highest BCUT2D eigenvalue weighted by atomic mass is 35.5. The van der Waals surface area contributed by atoms with Crippen LogP contribution in [0.15, 0.2) is 36.7 Å². The highest BCUT2D eigenvalue weighted by Crippen LogP contribution is 2.41. The fourth-order valence-corrected chi connectivity index (χ4v) is 4.53. The van der Waals surface area contributed by atoms with Crippen molar-refractivity contribution in [2.45, 2.75) is 26.3 Å². The molecular formula is C21H26ClN5O2. The number of likely N-dealkylation sites (tertiary alicyclic amines) is 2. The standard InChI is InChI=1S/C21H26ClN5O2/c1-16(28)24(2)19-11-23-27(13-19)20(29)26-8-6-21(7-9-26)14-25(15-21)12-17-4-3-5-18(22)10-17/h3-5,10-11,13H,6-9,12,14-15H2,1-2H3. The van der Waals surface area contributed by atoms with E-state index in [0.29, 0.717) is 11.1 Å². The van der Waals surface area contributed by atoms with Crippen LogP contribution in [-0.4, -0.2) is 64.7 Å². The predicted molar refractivity (Wildman–Crippen MR) is 112 cm³/mol. The van der Waals surface area contributed by atoms with E-state index in [1.165, 1.54) is 22.1 Å². The molecule has 0 radical (unpaired) electrons. The maximum Gasteiger partial charge on any atom is 0.344 e. The number of hydrogen-bond acceptors (Lipinski definition) is 4. The molecule has 2 saturated heterocycles. The third-order valence-electron chi connectivity index (χ3n) is 6.13. The molecule has 1 spiro atoms. The average molecular weight is 416 g/mol. The molecule has 0 N–H and O–H groups in total. The lowest BCUT2D eigenvalue weighted by Crippen LogP contribution is -2.60. The summed E-state index contributed by atoms with van der Waals surface area (Å²) in [5, 5.41) is 4.92. The molecule has 1 aromatic heterocycles. The SMILES string of the molecule is CC(=O)N(C)c1cnn(C(=O)N2CCC3(CC2)CN(Cc2cccc(Cl)c2)C3)c1. The van der Waals surface area contributed by atoms with Crippen molar-refractivity contribution in [2.75, 3.05) is 38.1 Å². The summed E-state index contributed by atoms with van der Waals surface area (Å²) in [5.41, 5.74) is 2.18. The second kappa shape index (κ2) is 7.80. The molecule has 2 amide bonds. The Morgan fingerprint density at radius 2 is 1.97 bits per heavy atom. The second-order valence-corrected chi connectivity index (χ2v) is 8.70. The quantitative estimate of drug-likeness (QED) is 0.772. The van der Waals surface area contributed by atoms with Gasteiger partial charge in [0.1, 0.15) is 0 Å². The molecule has 4 rings (SSSR count). The van der Waals surface area contributed by atoms with Crippen LogP contribution in [0.4, 0.5) is 10.5 Å². The van der Waals surface area contributed by atoms with Gasteiger partial charge in [0.15, 0.2) is 0 Å². The number of carbonyl (C=O) groups is 2. The Labute approximate surface area is 175 Å². The first-order valence-corrected chi connectivity index (χ1v) is 10.3. The summed E-state index contributed by atoms with van der Waals surface area (Å²) in [6, 6.07) is 7.90. The minimum absolute atomic E-state index is 0.0933. The molecule has 8 heteroatoms. The van der Waals surface area contributed by atoms with Crippen LogP contribution in [0.25, 0.3) is 0 Å². The van der Waals surface area contributed by atoms with Gasteiger partial charge in [0, 0.05) is 51.7 Å². The normalized spacial score (nSPS) is 18.5. The van der Waals surface area contributed by atoms with E-state index in [4.69, 9.17) is 11.6 Å². The highest BCUT2D eigenvalue weighted by Gasteiger charge is 2.45. The lowest BCUT2D eigenvalue weighted by Gasteiger charge is -2.54. The van der Waals surface area contributed by atoms with Gasteiger partial charge in [-0.2, -0.15) is 9.78 Å². The first-order valence-electron chi connectivity index (χ1n) is 9.90. The lowest BCUT2D eigenvalue weighted by atomic mass is 9.72. The molecule has 154 valence electrons. The Bertz CT molecular complexity index is 911. The maximum atomic E-state index is 12.8. The Balaban J connectivity index is 1.29. The van der Waals surface area contributed by atoms with Gasteiger partial charge in [-0.05, 0) is 36.0 Å². The number of nitrogens with zero attached hydrogens (tertiary/aromatic N) is 5. The van der Waals surface area contributed by atoms with E-state index in [9.17, 15) is 9.59 Å². The number of amides is 2. The molecule has 2 fully saturated rings. The van der Waals surface area contributed by atoms with Crippen molar-refractivity contribution in [3.63, 3.8) is 0 Å². The molecule has 3 heterocycles. The van der Waals surface area contributed by atoms with E-state index in [-0.39, 0.29) is 11.9 Å². The zero-order valence-corrected chi connectivity index (χ0v) is 17.6. The van der Waals surface area contributed by atoms with E-state index in [1.807, 2.05) is 23.1 Å². The Hall–Kier alpha value is -2.38. The third kappa shape index (κ3) is 4.16. The Morgan fingerprint density at radius 3 is 2.62 bits per heavy atom. The predicted octanol–water partition coefficient (Wildman–Crippen LogP) is 3.09. The summed E-state index contributed by atoms with van der Waals surface area (Å²) in [6.07, 6.45) is 5.17. The van der Waals surface area contributed by atoms with Crippen LogP contribution in [0.1, 0.15) is 25.3 Å². The van der Waals surface area contributed by atoms with E-state index >= 15 is 0 Å². The fourth-order valence-electron chi connectivity index (χ4n) is 4.31. The monoisotopic (exact) mass is 415 g/mol. The molecule has 0 bridgehead atoms. The van der Waals surface area contributed by atoms with Crippen molar-refractivity contribution in [1.29, 1.82) is 0 Å². The topological polar surface area (TPSA) is 61.7 Å². The fraction of sp³-hybridized carbons (Fsp3) is 0.476. The number of hydrogen-bond donors (Lipinski definition) is 0. The third-order valence-corrected chi connectivity index (χ3v) is 6.37. The number of halogens is 1. The van der Waals surface area contributed by atoms with Crippen LogP contribution in [0.3, 0.4) is 0 Å². The highest BCUT2D eigenvalue weighted by molar-refractivity contribution is 6.30. The molecule has 0 saturated carbocycles. The minimum atomic E-state index is -0.127. The van der Waals surface area contributed by atoms with E-state index < -0.39 is 0 Å². The molecule has 7 nitrogen and oxygen atoms in total. The van der Waals surface area contributed by atoms with Crippen LogP contribution in [0.5, 0.6) is 0 Å². The van der Waals surface area contributed by atoms with Crippen LogP contribution in [0, 0.1) is 5.41 Å². The lowest BCUT2D eigenvalue weighted by molar-refractivity contribution is -0.116. The summed E-state index contributed by atoms with van der Waals surface area (Å²) in [5.74, 6) is -0.0933. The van der Waals surface area contributed by atoms with Gasteiger partial charge in [-0.1, -0.05) is 23.7 Å². The minimum Gasteiger partial charge on any atom is -0.323 e. The van der Waals surface area contributed by atoms with Gasteiger partial charge in [-0.25, -0.2) is 4.79 Å². The molecule has 0 unspecified atom stereocenters. The number of rotatable bonds is 3. The maximum absolute atomic E-state index is 12.8. The van der Waals surface area contributed by atoms with Crippen molar-refractivity contribution in [2.24, 2.45) is 5.41 Å². The number of anilines is 1. The summed E-state index contributed by atoms with van der Waals surface area (Å²) < 4.78 is 1.33. The summed E-state index contributed by atoms with van der Waals surface area (Å²) >= 11 is 6.08. The zero-order valence-electron chi connectivity index (χ0n) is 16.8. The molecule has 2 aliphatic heterocycles. The number of carbonyl (C=O) groups excluding carboxylic acids is 2. The summed E-state index contributed by atoms with van der Waals surface area (Å²) in [4.78, 5) is 30.0. The number of piperidine rings is 1. The van der Waals surface area contributed by atoms with Crippen molar-refractivity contribution >= 4 is 29.2 Å². The van der Waals surface area contributed by atoms with Gasteiger partial charge in [0.25, 0.3) is 0 Å². The van der Waals surface area contributed by atoms with Crippen molar-refractivity contribution in [1.82, 2.24) is 19.6 Å². The van der Waals surface area contributed by atoms with Crippen LogP contribution < -0.4 is 4.90 Å². The summed E-state index contributed by atoms with van der Waals surface area (Å²) in [6.45, 7) is 6.01. The van der Waals surface area contributed by atoms with Crippen LogP contribution in [-0.2, 0) is 11.3 Å². The van der Waals surface area contributed by atoms with Crippen LogP contribution in [0.2, 0.25) is 5.02 Å². The molecule has 29 heavy (non-hydrogen) atoms. The average Bonchev–Trinajstić information content (AvgIpc) is 3.16. The summed E-state index contributed by atoms with van der Waals surface area (Å²) in [7, 11) is 1.67. The zero-order chi connectivity index (χ0) is 20.6. The van der Waals surface area contributed by atoms with Gasteiger partial charge in [0.05, 0.1) is 18.1 Å². The van der Waals surface area contributed by atoms with E-state index in [2.05, 4.69) is 16.1 Å². The smallest absolute Gasteiger partial charge is 0.323 e.